The highest BCUT2D eigenvalue weighted by Crippen LogP contribution is 2.30. The molecule has 1 aromatic carbocycles. The Morgan fingerprint density at radius 1 is 1.53 bits per heavy atom. The van der Waals surface area contributed by atoms with Crippen LogP contribution in [-0.4, -0.2) is 23.7 Å². The molecule has 1 unspecified atom stereocenters. The first-order chi connectivity index (χ1) is 8.06. The van der Waals surface area contributed by atoms with Crippen molar-refractivity contribution >= 4 is 23.0 Å². The number of benzene rings is 1. The summed E-state index contributed by atoms with van der Waals surface area (Å²) < 4.78 is 0. The van der Waals surface area contributed by atoms with E-state index in [1.807, 2.05) is 12.1 Å². The summed E-state index contributed by atoms with van der Waals surface area (Å²) in [6, 6.07) is 3.70. The van der Waals surface area contributed by atoms with Gasteiger partial charge in [-0.15, -0.1) is 0 Å². The number of fused-ring (bicyclic) bond motifs is 1. The van der Waals surface area contributed by atoms with E-state index in [1.54, 1.807) is 6.92 Å². The van der Waals surface area contributed by atoms with Gasteiger partial charge in [-0.2, -0.15) is 0 Å². The molecule has 1 amide bonds. The van der Waals surface area contributed by atoms with Crippen LogP contribution in [0.4, 0.5) is 17.1 Å². The van der Waals surface area contributed by atoms with Gasteiger partial charge < -0.3 is 21.5 Å². The lowest BCUT2D eigenvalue weighted by Gasteiger charge is -2.20. The number of aliphatic hydroxyl groups excluding tert-OH is 1. The zero-order chi connectivity index (χ0) is 12.4. The summed E-state index contributed by atoms with van der Waals surface area (Å²) in [5.41, 5.74) is 9.16. The molecule has 17 heavy (non-hydrogen) atoms. The molecule has 1 aliphatic heterocycles. The molecule has 92 valence electrons. The second-order valence-electron chi connectivity index (χ2n) is 4.37. The van der Waals surface area contributed by atoms with Gasteiger partial charge in [-0.3, -0.25) is 4.79 Å². The van der Waals surface area contributed by atoms with E-state index in [9.17, 15) is 9.90 Å². The molecule has 1 heterocycles. The van der Waals surface area contributed by atoms with Crippen LogP contribution in [0.5, 0.6) is 0 Å². The van der Waals surface area contributed by atoms with Crippen molar-refractivity contribution in [2.45, 2.75) is 25.9 Å². The summed E-state index contributed by atoms with van der Waals surface area (Å²) in [6.07, 6.45) is 0.787. The molecule has 1 atom stereocenters. The van der Waals surface area contributed by atoms with Crippen LogP contribution >= 0.6 is 0 Å². The molecule has 0 radical (unpaired) electrons. The van der Waals surface area contributed by atoms with E-state index in [0.29, 0.717) is 18.7 Å². The van der Waals surface area contributed by atoms with Crippen molar-refractivity contribution in [1.29, 1.82) is 0 Å². The molecule has 0 aromatic heterocycles. The zero-order valence-corrected chi connectivity index (χ0v) is 9.79. The van der Waals surface area contributed by atoms with Gasteiger partial charge in [0.25, 0.3) is 0 Å². The Morgan fingerprint density at radius 2 is 2.29 bits per heavy atom. The van der Waals surface area contributed by atoms with E-state index in [0.717, 1.165) is 23.4 Å². The first-order valence-corrected chi connectivity index (χ1v) is 5.70. The van der Waals surface area contributed by atoms with E-state index in [2.05, 4.69) is 10.6 Å². The molecule has 0 bridgehead atoms. The van der Waals surface area contributed by atoms with E-state index in [1.165, 1.54) is 0 Å². The van der Waals surface area contributed by atoms with Crippen LogP contribution in [0.1, 0.15) is 18.9 Å². The third kappa shape index (κ3) is 2.68. The average molecular weight is 235 g/mol. The topological polar surface area (TPSA) is 87.4 Å². The van der Waals surface area contributed by atoms with E-state index < -0.39 is 6.10 Å². The first-order valence-electron chi connectivity index (χ1n) is 5.70. The van der Waals surface area contributed by atoms with E-state index in [-0.39, 0.29) is 5.91 Å². The molecule has 1 aliphatic rings. The average Bonchev–Trinajstić information content (AvgIpc) is 2.26. The molecule has 0 fully saturated rings. The minimum absolute atomic E-state index is 0.0312. The van der Waals surface area contributed by atoms with Gasteiger partial charge in [0.05, 0.1) is 17.5 Å². The summed E-state index contributed by atoms with van der Waals surface area (Å²) >= 11 is 0. The van der Waals surface area contributed by atoms with Gasteiger partial charge in [0.15, 0.2) is 0 Å². The molecule has 0 saturated heterocycles. The number of aryl methyl sites for hydroxylation is 1. The Balaban J connectivity index is 2.23. The van der Waals surface area contributed by atoms with Crippen LogP contribution in [0.15, 0.2) is 12.1 Å². The largest absolute Gasteiger partial charge is 0.397 e. The molecule has 0 spiro atoms. The highest BCUT2D eigenvalue weighted by Gasteiger charge is 2.16. The summed E-state index contributed by atoms with van der Waals surface area (Å²) in [7, 11) is 0. The number of nitrogen functional groups attached to an aromatic ring is 1. The van der Waals surface area contributed by atoms with Crippen molar-refractivity contribution in [1.82, 2.24) is 0 Å². The number of rotatable bonds is 3. The third-order valence-corrected chi connectivity index (χ3v) is 2.76. The van der Waals surface area contributed by atoms with Crippen molar-refractivity contribution in [3.05, 3.63) is 17.7 Å². The Bertz CT molecular complexity index is 444. The maximum absolute atomic E-state index is 11.3. The number of anilines is 3. The smallest absolute Gasteiger partial charge is 0.224 e. The second kappa shape index (κ2) is 4.63. The summed E-state index contributed by atoms with van der Waals surface area (Å²) in [6.45, 7) is 2.13. The standard InChI is InChI=1S/C12H17N3O2/c1-7(16)6-14-11-5-10-8(4-9(11)13)2-3-12(17)15-10/h4-5,7,14,16H,2-3,6,13H2,1H3,(H,15,17). The highest BCUT2D eigenvalue weighted by molar-refractivity contribution is 5.95. The van der Waals surface area contributed by atoms with Crippen molar-refractivity contribution in [3.8, 4) is 0 Å². The summed E-state index contributed by atoms with van der Waals surface area (Å²) in [4.78, 5) is 11.3. The maximum Gasteiger partial charge on any atom is 0.224 e. The molecular weight excluding hydrogens is 218 g/mol. The Hall–Kier alpha value is -1.75. The molecular formula is C12H17N3O2. The molecule has 5 nitrogen and oxygen atoms in total. The fourth-order valence-corrected chi connectivity index (χ4v) is 1.86. The number of carbonyl (C=O) groups excluding carboxylic acids is 1. The first kappa shape index (κ1) is 11.7. The fourth-order valence-electron chi connectivity index (χ4n) is 1.86. The minimum Gasteiger partial charge on any atom is -0.397 e. The maximum atomic E-state index is 11.3. The summed E-state index contributed by atoms with van der Waals surface area (Å²) in [5.74, 6) is 0.0312. The molecule has 0 saturated carbocycles. The van der Waals surface area contributed by atoms with Gasteiger partial charge in [0, 0.05) is 18.7 Å². The lowest BCUT2D eigenvalue weighted by molar-refractivity contribution is -0.116. The monoisotopic (exact) mass is 235 g/mol. The van der Waals surface area contributed by atoms with Gasteiger partial charge in [0.2, 0.25) is 5.91 Å². The fraction of sp³-hybridized carbons (Fsp3) is 0.417. The number of hydrogen-bond donors (Lipinski definition) is 4. The van der Waals surface area contributed by atoms with Gasteiger partial charge in [-0.05, 0) is 31.0 Å². The van der Waals surface area contributed by atoms with Crippen LogP contribution in [0, 0.1) is 0 Å². The van der Waals surface area contributed by atoms with Crippen LogP contribution < -0.4 is 16.4 Å². The minimum atomic E-state index is -0.444. The van der Waals surface area contributed by atoms with Gasteiger partial charge in [0.1, 0.15) is 0 Å². The number of aliphatic hydroxyl groups is 1. The lowest BCUT2D eigenvalue weighted by atomic mass is 10.0. The number of nitrogens with one attached hydrogen (secondary N) is 2. The third-order valence-electron chi connectivity index (χ3n) is 2.76. The van der Waals surface area contributed by atoms with Gasteiger partial charge in [-0.25, -0.2) is 0 Å². The number of carbonyl (C=O) groups is 1. The van der Waals surface area contributed by atoms with Gasteiger partial charge in [-0.1, -0.05) is 0 Å². The molecule has 1 aromatic rings. The van der Waals surface area contributed by atoms with E-state index >= 15 is 0 Å². The summed E-state index contributed by atoms with van der Waals surface area (Å²) in [5, 5.41) is 15.1. The van der Waals surface area contributed by atoms with Crippen molar-refractivity contribution in [2.75, 3.05) is 22.9 Å². The Morgan fingerprint density at radius 3 is 3.00 bits per heavy atom. The van der Waals surface area contributed by atoms with Crippen molar-refractivity contribution in [3.63, 3.8) is 0 Å². The molecule has 5 N–H and O–H groups in total. The lowest BCUT2D eigenvalue weighted by Crippen LogP contribution is -2.20. The van der Waals surface area contributed by atoms with Crippen molar-refractivity contribution < 1.29 is 9.90 Å². The zero-order valence-electron chi connectivity index (χ0n) is 9.79. The molecule has 0 aliphatic carbocycles. The SMILES string of the molecule is CC(O)CNc1cc2c(cc1N)CCC(=O)N2. The number of nitrogens with two attached hydrogens (primary N) is 1. The normalized spacial score (nSPS) is 16.0. The van der Waals surface area contributed by atoms with Crippen LogP contribution in [0.25, 0.3) is 0 Å². The Kier molecular flexibility index (Phi) is 3.19. The number of hydrogen-bond acceptors (Lipinski definition) is 4. The molecule has 2 rings (SSSR count). The number of amides is 1. The predicted octanol–water partition coefficient (Wildman–Crippen LogP) is 0.946. The molecule has 5 heteroatoms. The quantitative estimate of drug-likeness (QED) is 0.587. The second-order valence-corrected chi connectivity index (χ2v) is 4.37. The Labute approximate surface area is 100 Å². The van der Waals surface area contributed by atoms with Crippen LogP contribution in [0.3, 0.4) is 0 Å². The van der Waals surface area contributed by atoms with Crippen LogP contribution in [0.2, 0.25) is 0 Å². The van der Waals surface area contributed by atoms with Crippen molar-refractivity contribution in [2.24, 2.45) is 0 Å². The van der Waals surface area contributed by atoms with Gasteiger partial charge >= 0.3 is 0 Å². The van der Waals surface area contributed by atoms with Crippen LogP contribution in [-0.2, 0) is 11.2 Å². The highest BCUT2D eigenvalue weighted by atomic mass is 16.3. The van der Waals surface area contributed by atoms with E-state index in [4.69, 9.17) is 5.73 Å². The predicted molar refractivity (Wildman–Crippen MR) is 68.0 cm³/mol.